The van der Waals surface area contributed by atoms with Gasteiger partial charge in [-0.1, -0.05) is 18.2 Å². The van der Waals surface area contributed by atoms with Gasteiger partial charge >= 0.3 is 0 Å². The van der Waals surface area contributed by atoms with Crippen LogP contribution in [0.5, 0.6) is 5.75 Å². The molecule has 124 valence electrons. The average Bonchev–Trinajstić information content (AvgIpc) is 3.02. The number of aromatic hydroxyl groups is 1. The summed E-state index contributed by atoms with van der Waals surface area (Å²) >= 11 is 0. The van der Waals surface area contributed by atoms with Crippen LogP contribution in [0.1, 0.15) is 18.3 Å². The van der Waals surface area contributed by atoms with Crippen LogP contribution in [0.4, 0.5) is 0 Å². The highest BCUT2D eigenvalue weighted by atomic mass is 16.3. The molecule has 0 bridgehead atoms. The van der Waals surface area contributed by atoms with Gasteiger partial charge in [0.05, 0.1) is 13.1 Å². The van der Waals surface area contributed by atoms with Crippen LogP contribution >= 0.6 is 0 Å². The lowest BCUT2D eigenvalue weighted by Gasteiger charge is -2.10. The number of phenols is 1. The third-order valence-corrected chi connectivity index (χ3v) is 3.50. The van der Waals surface area contributed by atoms with E-state index in [2.05, 4.69) is 25.8 Å². The van der Waals surface area contributed by atoms with Gasteiger partial charge in [-0.25, -0.2) is 4.99 Å². The van der Waals surface area contributed by atoms with Gasteiger partial charge in [-0.3, -0.25) is 4.40 Å². The third-order valence-electron chi connectivity index (χ3n) is 3.50. The van der Waals surface area contributed by atoms with E-state index in [1.807, 2.05) is 47.9 Å². The van der Waals surface area contributed by atoms with Gasteiger partial charge in [0.25, 0.3) is 0 Å². The number of hydrogen-bond donors (Lipinski definition) is 3. The van der Waals surface area contributed by atoms with Crippen molar-refractivity contribution in [2.45, 2.75) is 20.0 Å². The number of hydrogen-bond acceptors (Lipinski definition) is 4. The highest BCUT2D eigenvalue weighted by molar-refractivity contribution is 5.79. The molecule has 0 atom stereocenters. The highest BCUT2D eigenvalue weighted by Gasteiger charge is 2.05. The van der Waals surface area contributed by atoms with Crippen molar-refractivity contribution >= 4 is 11.6 Å². The lowest BCUT2D eigenvalue weighted by atomic mass is 10.2. The summed E-state index contributed by atoms with van der Waals surface area (Å²) in [7, 11) is 0. The Bertz CT molecular complexity index is 824. The summed E-state index contributed by atoms with van der Waals surface area (Å²) in [5, 5.41) is 24.1. The SMILES string of the molecule is CCNC(=NCc1ccc(O)cc1)NCc1nnc2ccccn12. The summed E-state index contributed by atoms with van der Waals surface area (Å²) in [6.07, 6.45) is 1.94. The van der Waals surface area contributed by atoms with Crippen molar-refractivity contribution in [2.24, 2.45) is 4.99 Å². The smallest absolute Gasteiger partial charge is 0.191 e. The first-order valence-electron chi connectivity index (χ1n) is 7.85. The van der Waals surface area contributed by atoms with Gasteiger partial charge in [0.15, 0.2) is 17.4 Å². The Morgan fingerprint density at radius 3 is 2.75 bits per heavy atom. The zero-order chi connectivity index (χ0) is 16.8. The van der Waals surface area contributed by atoms with Crippen molar-refractivity contribution in [1.29, 1.82) is 0 Å². The summed E-state index contributed by atoms with van der Waals surface area (Å²) in [4.78, 5) is 4.55. The Hall–Kier alpha value is -3.09. The third kappa shape index (κ3) is 3.81. The zero-order valence-electron chi connectivity index (χ0n) is 13.5. The topological polar surface area (TPSA) is 86.8 Å². The second-order valence-electron chi connectivity index (χ2n) is 5.26. The number of pyridine rings is 1. The normalized spacial score (nSPS) is 11.6. The predicted octanol–water partition coefficient (Wildman–Crippen LogP) is 1.69. The molecule has 0 radical (unpaired) electrons. The average molecular weight is 324 g/mol. The number of aliphatic imine (C=N–C) groups is 1. The summed E-state index contributed by atoms with van der Waals surface area (Å²) in [6, 6.07) is 12.8. The van der Waals surface area contributed by atoms with Crippen LogP contribution in [0.3, 0.4) is 0 Å². The van der Waals surface area contributed by atoms with E-state index in [0.717, 1.165) is 23.6 Å². The number of rotatable bonds is 5. The lowest BCUT2D eigenvalue weighted by Crippen LogP contribution is -2.37. The van der Waals surface area contributed by atoms with E-state index in [-0.39, 0.29) is 5.75 Å². The van der Waals surface area contributed by atoms with Crippen molar-refractivity contribution in [3.05, 3.63) is 60.0 Å². The maximum Gasteiger partial charge on any atom is 0.191 e. The van der Waals surface area contributed by atoms with E-state index in [9.17, 15) is 5.11 Å². The summed E-state index contributed by atoms with van der Waals surface area (Å²) in [5.74, 6) is 1.78. The monoisotopic (exact) mass is 324 g/mol. The van der Waals surface area contributed by atoms with Crippen molar-refractivity contribution in [3.8, 4) is 5.75 Å². The standard InChI is InChI=1S/C17H20N6O/c1-2-18-17(19-11-13-6-8-14(24)9-7-13)20-12-16-22-21-15-5-3-4-10-23(15)16/h3-10,24H,2,11-12H2,1H3,(H2,18,19,20). The van der Waals surface area contributed by atoms with Gasteiger partial charge in [0.2, 0.25) is 0 Å². The molecule has 0 saturated heterocycles. The Morgan fingerprint density at radius 2 is 1.96 bits per heavy atom. The van der Waals surface area contributed by atoms with Crippen molar-refractivity contribution in [2.75, 3.05) is 6.54 Å². The first-order chi connectivity index (χ1) is 11.8. The number of fused-ring (bicyclic) bond motifs is 1. The van der Waals surface area contributed by atoms with Gasteiger partial charge in [-0.2, -0.15) is 0 Å². The molecule has 3 N–H and O–H groups in total. The molecule has 2 aromatic heterocycles. The van der Waals surface area contributed by atoms with Gasteiger partial charge < -0.3 is 15.7 Å². The van der Waals surface area contributed by atoms with E-state index in [1.54, 1.807) is 12.1 Å². The number of aromatic nitrogens is 3. The minimum Gasteiger partial charge on any atom is -0.508 e. The quantitative estimate of drug-likeness (QED) is 0.491. The van der Waals surface area contributed by atoms with Gasteiger partial charge in [0, 0.05) is 12.7 Å². The van der Waals surface area contributed by atoms with Crippen LogP contribution in [0.2, 0.25) is 0 Å². The molecule has 0 aliphatic heterocycles. The molecule has 0 spiro atoms. The first kappa shape index (κ1) is 15.8. The Balaban J connectivity index is 1.67. The van der Waals surface area contributed by atoms with E-state index in [1.165, 1.54) is 0 Å². The van der Waals surface area contributed by atoms with Gasteiger partial charge in [-0.05, 0) is 36.8 Å². The molecule has 0 amide bonds. The molecule has 2 heterocycles. The molecule has 3 aromatic rings. The summed E-state index contributed by atoms with van der Waals surface area (Å²) in [6.45, 7) is 3.83. The first-order valence-corrected chi connectivity index (χ1v) is 7.85. The molecule has 1 aromatic carbocycles. The van der Waals surface area contributed by atoms with E-state index in [4.69, 9.17) is 0 Å². The molecule has 0 unspecified atom stereocenters. The Labute approximate surface area is 140 Å². The van der Waals surface area contributed by atoms with E-state index >= 15 is 0 Å². The zero-order valence-corrected chi connectivity index (χ0v) is 13.5. The molecule has 7 nitrogen and oxygen atoms in total. The number of guanidine groups is 1. The predicted molar refractivity (Wildman–Crippen MR) is 92.7 cm³/mol. The molecule has 0 saturated carbocycles. The number of nitrogens with one attached hydrogen (secondary N) is 2. The van der Waals surface area contributed by atoms with Crippen molar-refractivity contribution in [1.82, 2.24) is 25.2 Å². The van der Waals surface area contributed by atoms with Crippen molar-refractivity contribution < 1.29 is 5.11 Å². The van der Waals surface area contributed by atoms with E-state index in [0.29, 0.717) is 19.0 Å². The maximum absolute atomic E-state index is 9.32. The second-order valence-corrected chi connectivity index (χ2v) is 5.26. The fraction of sp³-hybridized carbons (Fsp3) is 0.235. The molecule has 0 fully saturated rings. The number of benzene rings is 1. The van der Waals surface area contributed by atoms with E-state index < -0.39 is 0 Å². The van der Waals surface area contributed by atoms with Crippen LogP contribution in [0.15, 0.2) is 53.7 Å². The Kier molecular flexibility index (Phi) is 4.90. The molecule has 7 heteroatoms. The molecular formula is C17H20N6O. The Morgan fingerprint density at radius 1 is 1.12 bits per heavy atom. The lowest BCUT2D eigenvalue weighted by molar-refractivity contribution is 0.475. The van der Waals surface area contributed by atoms with Crippen LogP contribution in [0.25, 0.3) is 5.65 Å². The van der Waals surface area contributed by atoms with Crippen LogP contribution in [-0.4, -0.2) is 32.2 Å². The largest absolute Gasteiger partial charge is 0.508 e. The molecule has 3 rings (SSSR count). The van der Waals surface area contributed by atoms with Gasteiger partial charge in [0.1, 0.15) is 5.75 Å². The van der Waals surface area contributed by atoms with Crippen molar-refractivity contribution in [3.63, 3.8) is 0 Å². The highest BCUT2D eigenvalue weighted by Crippen LogP contribution is 2.10. The van der Waals surface area contributed by atoms with Crippen LogP contribution < -0.4 is 10.6 Å². The fourth-order valence-electron chi connectivity index (χ4n) is 2.29. The summed E-state index contributed by atoms with van der Waals surface area (Å²) < 4.78 is 1.94. The van der Waals surface area contributed by atoms with Gasteiger partial charge in [-0.15, -0.1) is 10.2 Å². The number of nitrogens with zero attached hydrogens (tertiary/aromatic N) is 4. The van der Waals surface area contributed by atoms with Crippen LogP contribution in [-0.2, 0) is 13.1 Å². The van der Waals surface area contributed by atoms with Crippen LogP contribution in [0, 0.1) is 0 Å². The summed E-state index contributed by atoms with van der Waals surface area (Å²) in [5.41, 5.74) is 1.85. The maximum atomic E-state index is 9.32. The molecule has 24 heavy (non-hydrogen) atoms. The fourth-order valence-corrected chi connectivity index (χ4v) is 2.29. The second kappa shape index (κ2) is 7.45. The number of phenolic OH excluding ortho intramolecular Hbond substituents is 1. The minimum atomic E-state index is 0.256. The molecule has 0 aliphatic carbocycles. The minimum absolute atomic E-state index is 0.256. The molecular weight excluding hydrogens is 304 g/mol. The molecule has 0 aliphatic rings.